The van der Waals surface area contributed by atoms with E-state index in [-0.39, 0.29) is 0 Å². The zero-order valence-electron chi connectivity index (χ0n) is 67.5. The van der Waals surface area contributed by atoms with E-state index in [9.17, 15) is 152 Å². The SMILES string of the molecule is CC(=O)N[C@H]1[C@H](OC[C@H]2OC(O)[C@H](NC(C)=O)[C@@H](O[C@@H]3O[C@H](CO)[C@H](O)[C@H](O[C@@H]4O[C@H](CO)[C@@H](O)[C@H](O[C@@H]5O[C@H](CO)[C@H](O)[C@H](O[C@H]6O[C@H](CO)[C@H](O)[C@H](O)[C@H]6NC(C)=O)[C@H]5O[C@@H]5O[C@@H](C)[C@@H](O)[C@@H](O)[C@@H]5O)[C@H]4NC(C)=O)[C@H]3O)[C@H]2O)O[C@H](CO)[C@@H](O[C@@H]2O[C@H](CO)[C@H](O)[C@H](O[C@H]3O[C@H](CO)[C@H](O)[C@H](O)[C@H]3NC(C)=O)[C@H]2O[C@@H]2O[C@@H](C)[C@@H](O)[C@@H](O)[C@@H]2O)[C@@H]1O. The van der Waals surface area contributed by atoms with Gasteiger partial charge >= 0.3 is 0 Å². The van der Waals surface area contributed by atoms with E-state index in [0.717, 1.165) is 34.6 Å². The first kappa shape index (κ1) is 102. The van der Waals surface area contributed by atoms with Crippen LogP contribution >= 0.6 is 0 Å². The van der Waals surface area contributed by atoms with Gasteiger partial charge in [-0.2, -0.15) is 0 Å². The van der Waals surface area contributed by atoms with E-state index in [1.807, 2.05) is 0 Å². The average molecular weight is 1810 g/mol. The molecule has 124 heavy (non-hydrogen) atoms. The summed E-state index contributed by atoms with van der Waals surface area (Å²) in [6.45, 7) is -1.55. The summed E-state index contributed by atoms with van der Waals surface area (Å²) in [7, 11) is 0. The van der Waals surface area contributed by atoms with E-state index < -0.39 is 389 Å². The van der Waals surface area contributed by atoms with E-state index in [4.69, 9.17) is 90.0 Å². The summed E-state index contributed by atoms with van der Waals surface area (Å²) >= 11 is 0. The molecule has 0 aromatic rings. The van der Waals surface area contributed by atoms with Crippen LogP contribution in [0.5, 0.6) is 0 Å². The molecule has 50 atom stereocenters. The van der Waals surface area contributed by atoms with E-state index in [1.54, 1.807) is 0 Å². The molecule has 0 bridgehead atoms. The number of aliphatic hydroxyl groups excluding tert-OH is 25. The quantitative estimate of drug-likeness (QED) is 0.0306. The highest BCUT2D eigenvalue weighted by atomic mass is 16.8. The molecule has 0 aromatic heterocycles. The van der Waals surface area contributed by atoms with Gasteiger partial charge in [0.25, 0.3) is 0 Å². The average Bonchev–Trinajstić information content (AvgIpc) is 0.757. The first-order chi connectivity index (χ1) is 58.6. The van der Waals surface area contributed by atoms with Crippen molar-refractivity contribution in [1.82, 2.24) is 26.6 Å². The van der Waals surface area contributed by atoms with E-state index >= 15 is 0 Å². The smallest absolute Gasteiger partial charge is 0.217 e. The number of aliphatic hydroxyl groups is 25. The molecule has 0 saturated carbocycles. The van der Waals surface area contributed by atoms with Crippen LogP contribution in [0.4, 0.5) is 0 Å². The Morgan fingerprint density at radius 1 is 0.226 bits per heavy atom. The third-order valence-electron chi connectivity index (χ3n) is 22.8. The second-order valence-electron chi connectivity index (χ2n) is 31.7. The van der Waals surface area contributed by atoms with Crippen LogP contribution in [0.3, 0.4) is 0 Å². The molecule has 0 spiro atoms. The number of amides is 5. The summed E-state index contributed by atoms with van der Waals surface area (Å²) in [6.07, 6.45) is -91.6. The number of hydrogen-bond donors (Lipinski definition) is 30. The monoisotopic (exact) mass is 1810 g/mol. The fourth-order valence-corrected chi connectivity index (χ4v) is 16.2. The van der Waals surface area contributed by atoms with Gasteiger partial charge in [-0.1, -0.05) is 0 Å². The molecule has 10 heterocycles. The van der Waals surface area contributed by atoms with Crippen LogP contribution in [0, 0.1) is 0 Å². The molecule has 1 unspecified atom stereocenters. The fraction of sp³-hybridized carbons (Fsp3) is 0.929. The predicted octanol–water partition coefficient (Wildman–Crippen LogP) is -20.0. The molecule has 10 saturated heterocycles. The zero-order valence-corrected chi connectivity index (χ0v) is 67.5. The molecule has 54 heteroatoms. The van der Waals surface area contributed by atoms with E-state index in [1.165, 1.54) is 13.8 Å². The van der Waals surface area contributed by atoms with E-state index in [2.05, 4.69) is 26.6 Å². The summed E-state index contributed by atoms with van der Waals surface area (Å²) < 4.78 is 115. The second-order valence-corrected chi connectivity index (χ2v) is 31.7. The van der Waals surface area contributed by atoms with Crippen molar-refractivity contribution in [3.8, 4) is 0 Å². The standard InChI is InChI=1S/C70H117N5O49/c1-16-36(88)48(100)50(102)66(107-16)123-59-57(121-63-31(71-18(3)83)45(97)38(90)23(8-76)110-63)42(94)27(12-80)114-69(59)117-53-29(14-82)116-62(33(47(53)99)73-20(5)85)106-15-30-44(96)54(34(61(105)109-30)74-21(6)86)118-68-52(104)56(41(93)26(11-79)113-68)120-65-35(75-22(7)87)55(40(92)25(10-78)112-65)119-70-60(124-67-51(103)49(101)37(89)17(2)108-67)58(43(95)28(13-81)115-70)122-64-32(72-19(4)84)46(98)39(91)24(9-77)111-64/h16-17,23-70,76-82,88-105H,8-15H2,1-7H3,(H,71,83)(H,72,84)(H,73,85)(H,74,86)(H,75,87)/t16-,17-,23+,24+,25+,26+,27+,28+,29+,30+,31+,32+,33+,34+,35+,36+,37+,38-,39-,40+,41-,42-,43-,44-,45+,46+,47+,48+,49+,50-,51-,52+,53+,54+,55+,56-,57-,58-,59+,60+,61?,62+,63+,64+,65-,66-,67-,68-,69-,70-/m0/s1. The third kappa shape index (κ3) is 22.5. The van der Waals surface area contributed by atoms with Gasteiger partial charge in [0.2, 0.25) is 29.5 Å². The van der Waals surface area contributed by atoms with Gasteiger partial charge in [-0.3, -0.25) is 24.0 Å². The van der Waals surface area contributed by atoms with Crippen LogP contribution in [0.1, 0.15) is 48.5 Å². The fourth-order valence-electron chi connectivity index (χ4n) is 16.2. The molecule has 716 valence electrons. The van der Waals surface area contributed by atoms with Crippen molar-refractivity contribution in [2.24, 2.45) is 0 Å². The summed E-state index contributed by atoms with van der Waals surface area (Å²) in [5.41, 5.74) is 0. The van der Waals surface area contributed by atoms with Crippen molar-refractivity contribution >= 4 is 29.5 Å². The van der Waals surface area contributed by atoms with Gasteiger partial charge in [-0.25, -0.2) is 0 Å². The molecule has 10 fully saturated rings. The summed E-state index contributed by atoms with van der Waals surface area (Å²) in [5.74, 6) is -4.58. The number of carbonyl (C=O) groups excluding carboxylic acids is 5. The minimum absolute atomic E-state index is 0.836. The number of ether oxygens (including phenoxy) is 19. The highest BCUT2D eigenvalue weighted by Gasteiger charge is 2.63. The minimum Gasteiger partial charge on any atom is -0.394 e. The van der Waals surface area contributed by atoms with Crippen LogP contribution in [-0.2, 0) is 114 Å². The Morgan fingerprint density at radius 2 is 0.500 bits per heavy atom. The van der Waals surface area contributed by atoms with Gasteiger partial charge in [0, 0.05) is 34.6 Å². The number of carbonyl (C=O) groups is 5. The number of rotatable bonds is 31. The highest BCUT2D eigenvalue weighted by Crippen LogP contribution is 2.42. The normalized spacial score (nSPS) is 49.0. The lowest BCUT2D eigenvalue weighted by Crippen LogP contribution is -2.71. The molecule has 30 N–H and O–H groups in total. The van der Waals surface area contributed by atoms with Gasteiger partial charge in [0.15, 0.2) is 62.9 Å². The molecular formula is C70H117N5O49. The number of hydrogen-bond acceptors (Lipinski definition) is 49. The third-order valence-corrected chi connectivity index (χ3v) is 22.8. The lowest BCUT2D eigenvalue weighted by Gasteiger charge is -2.52. The van der Waals surface area contributed by atoms with Gasteiger partial charge in [-0.05, 0) is 13.8 Å². The zero-order chi connectivity index (χ0) is 91.4. The van der Waals surface area contributed by atoms with Crippen LogP contribution in [0.25, 0.3) is 0 Å². The largest absolute Gasteiger partial charge is 0.394 e. The lowest BCUT2D eigenvalue weighted by atomic mass is 9.93. The Labute approximate surface area is 703 Å². The van der Waals surface area contributed by atoms with Crippen LogP contribution in [0.2, 0.25) is 0 Å². The van der Waals surface area contributed by atoms with Gasteiger partial charge in [0.05, 0.1) is 65.1 Å². The Hall–Kier alpha value is -4.41. The van der Waals surface area contributed by atoms with Crippen LogP contribution in [-0.4, -0.2) is 517 Å². The molecule has 5 amide bonds. The van der Waals surface area contributed by atoms with E-state index in [0.29, 0.717) is 0 Å². The summed E-state index contributed by atoms with van der Waals surface area (Å²) in [4.78, 5) is 64.6. The molecule has 54 nitrogen and oxygen atoms in total. The minimum atomic E-state index is -2.47. The topological polar surface area (TPSA) is 827 Å². The Bertz CT molecular complexity index is 3400. The predicted molar refractivity (Wildman–Crippen MR) is 385 cm³/mol. The molecule has 10 rings (SSSR count). The Morgan fingerprint density at radius 3 is 0.903 bits per heavy atom. The van der Waals surface area contributed by atoms with Crippen molar-refractivity contribution in [2.75, 3.05) is 52.9 Å². The molecule has 10 aliphatic heterocycles. The van der Waals surface area contributed by atoms with Gasteiger partial charge < -0.3 is 244 Å². The number of nitrogens with one attached hydrogen (secondary N) is 5. The molecule has 0 aromatic carbocycles. The van der Waals surface area contributed by atoms with Crippen molar-refractivity contribution in [3.05, 3.63) is 0 Å². The van der Waals surface area contributed by atoms with Crippen molar-refractivity contribution in [1.29, 1.82) is 0 Å². The van der Waals surface area contributed by atoms with Crippen molar-refractivity contribution < 1.29 is 242 Å². The molecule has 0 aliphatic carbocycles. The second kappa shape index (κ2) is 44.2. The first-order valence-electron chi connectivity index (χ1n) is 39.8. The summed E-state index contributed by atoms with van der Waals surface area (Å²) in [5, 5.41) is 293. The van der Waals surface area contributed by atoms with Gasteiger partial charge in [-0.15, -0.1) is 0 Å². The maximum atomic E-state index is 13.4. The Kier molecular flexibility index (Phi) is 36.3. The van der Waals surface area contributed by atoms with Gasteiger partial charge in [0.1, 0.15) is 232 Å². The van der Waals surface area contributed by atoms with Crippen LogP contribution < -0.4 is 26.6 Å². The molecule has 10 aliphatic rings. The maximum Gasteiger partial charge on any atom is 0.217 e. The van der Waals surface area contributed by atoms with Crippen molar-refractivity contribution in [3.63, 3.8) is 0 Å². The lowest BCUT2D eigenvalue weighted by molar-refractivity contribution is -0.400. The highest BCUT2D eigenvalue weighted by molar-refractivity contribution is 5.75. The molecular weight excluding hydrogens is 1690 g/mol. The summed E-state index contributed by atoms with van der Waals surface area (Å²) in [6, 6.07) is -9.36. The van der Waals surface area contributed by atoms with Crippen LogP contribution in [0.15, 0.2) is 0 Å². The first-order valence-corrected chi connectivity index (χ1v) is 39.8. The molecule has 0 radical (unpaired) electrons. The van der Waals surface area contributed by atoms with Crippen molar-refractivity contribution in [2.45, 2.75) is 355 Å². The maximum absolute atomic E-state index is 13.4. The Balaban J connectivity index is 0.910.